The number of benzene rings is 1. The fourth-order valence-corrected chi connectivity index (χ4v) is 1.33. The van der Waals surface area contributed by atoms with Gasteiger partial charge in [0.05, 0.1) is 0 Å². The number of hydrogen-bond acceptors (Lipinski definition) is 2. The molecule has 0 unspecified atom stereocenters. The first-order valence-corrected chi connectivity index (χ1v) is 6.58. The van der Waals surface area contributed by atoms with E-state index in [9.17, 15) is 0 Å². The van der Waals surface area contributed by atoms with E-state index in [1.165, 1.54) is 16.5 Å². The van der Waals surface area contributed by atoms with Crippen LogP contribution in [0.2, 0.25) is 0 Å². The molecular weight excluding hydrogens is 230 g/mol. The van der Waals surface area contributed by atoms with E-state index in [0.717, 1.165) is 11.3 Å². The lowest BCUT2D eigenvalue weighted by Crippen LogP contribution is -2.15. The van der Waals surface area contributed by atoms with E-state index in [4.69, 9.17) is 10.7 Å². The van der Waals surface area contributed by atoms with Crippen LogP contribution in [0.3, 0.4) is 0 Å². The smallest absolute Gasteiger partial charge is 0.150 e. The molecule has 1 aromatic carbocycles. The molecule has 2 nitrogen and oxygen atoms in total. The van der Waals surface area contributed by atoms with Gasteiger partial charge in [-0.15, -0.1) is 0 Å². The third-order valence-corrected chi connectivity index (χ3v) is 2.57. The van der Waals surface area contributed by atoms with Crippen LogP contribution < -0.4 is 10.7 Å². The van der Waals surface area contributed by atoms with Crippen LogP contribution in [0.4, 0.5) is 0 Å². The fourth-order valence-electron chi connectivity index (χ4n) is 1.33. The van der Waals surface area contributed by atoms with Crippen molar-refractivity contribution in [2.45, 2.75) is 40.0 Å². The van der Waals surface area contributed by atoms with Gasteiger partial charge in [-0.05, 0) is 36.6 Å². The number of rotatable bonds is 1. The minimum absolute atomic E-state index is 0.0702. The van der Waals surface area contributed by atoms with Crippen LogP contribution in [-0.2, 0) is 5.41 Å². The predicted octanol–water partition coefficient (Wildman–Crippen LogP) is 3.52. The van der Waals surface area contributed by atoms with Crippen molar-refractivity contribution in [3.05, 3.63) is 29.3 Å². The number of nitrogens with two attached hydrogens (primary N) is 1. The maximum Gasteiger partial charge on any atom is 0.150 e. The molecule has 0 radical (unpaired) electrons. The first-order valence-electron chi connectivity index (χ1n) is 5.53. The van der Waals surface area contributed by atoms with Crippen LogP contribution in [0, 0.1) is 6.92 Å². The standard InChI is InChI=1S/C11H17NO.C3H6S/c1-8-5-6-10(13-12)9(7-8)11(2,3)4;1-3-4-2/h5-7H,12H2,1-4H3;3H,2H2,1H3. The molecule has 0 saturated heterocycles. The van der Waals surface area contributed by atoms with E-state index in [0.29, 0.717) is 0 Å². The molecule has 0 heterocycles. The minimum atomic E-state index is 0.0702. The summed E-state index contributed by atoms with van der Waals surface area (Å²) in [6.45, 7) is 10.5. The molecule has 0 aromatic heterocycles. The molecule has 1 rings (SSSR count). The third-order valence-electron chi connectivity index (χ3n) is 2.24. The van der Waals surface area contributed by atoms with Gasteiger partial charge in [-0.25, -0.2) is 0 Å². The molecule has 0 aliphatic rings. The summed E-state index contributed by atoms with van der Waals surface area (Å²) in [6.07, 6.45) is 0. The largest absolute Gasteiger partial charge is 0.411 e. The fraction of sp³-hybridized carbons (Fsp3) is 0.429. The molecule has 0 spiro atoms. The molecule has 0 fully saturated rings. The summed E-state index contributed by atoms with van der Waals surface area (Å²) >= 11 is 0. The Morgan fingerprint density at radius 3 is 2.24 bits per heavy atom. The average molecular weight is 253 g/mol. The van der Waals surface area contributed by atoms with Crippen molar-refractivity contribution in [1.29, 1.82) is 0 Å². The van der Waals surface area contributed by atoms with Crippen LogP contribution in [-0.4, -0.2) is 11.2 Å². The summed E-state index contributed by atoms with van der Waals surface area (Å²) in [7, 11) is 1.48. The van der Waals surface area contributed by atoms with Gasteiger partial charge in [-0.2, -0.15) is 16.8 Å². The zero-order valence-electron chi connectivity index (χ0n) is 11.4. The normalized spacial score (nSPS) is 10.0. The highest BCUT2D eigenvalue weighted by atomic mass is 32.1. The monoisotopic (exact) mass is 253 g/mol. The van der Waals surface area contributed by atoms with Gasteiger partial charge in [-0.1, -0.05) is 38.5 Å². The van der Waals surface area contributed by atoms with Crippen molar-refractivity contribution < 1.29 is 4.84 Å². The van der Waals surface area contributed by atoms with Crippen LogP contribution in [0.15, 0.2) is 18.2 Å². The van der Waals surface area contributed by atoms with Crippen molar-refractivity contribution in [2.24, 2.45) is 5.90 Å². The SMILES string of the molecule is C=S=CC.Cc1ccc(ON)c(C(C)(C)C)c1. The van der Waals surface area contributed by atoms with Gasteiger partial charge in [0.15, 0.2) is 5.75 Å². The van der Waals surface area contributed by atoms with E-state index in [2.05, 4.69) is 39.6 Å². The highest BCUT2D eigenvalue weighted by Gasteiger charge is 2.18. The second kappa shape index (κ2) is 7.30. The molecular formula is C14H23NOS. The molecule has 2 N–H and O–H groups in total. The molecule has 0 atom stereocenters. The van der Waals surface area contributed by atoms with Crippen molar-refractivity contribution in [3.8, 4) is 5.75 Å². The van der Waals surface area contributed by atoms with E-state index >= 15 is 0 Å². The number of aryl methyl sites for hydroxylation is 1. The molecule has 1 aromatic rings. The second-order valence-corrected chi connectivity index (χ2v) is 5.57. The Kier molecular flexibility index (Phi) is 6.85. The maximum absolute atomic E-state index is 5.20. The first kappa shape index (κ1) is 15.9. The summed E-state index contributed by atoms with van der Waals surface area (Å²) < 4.78 is 0. The Bertz CT molecular complexity index is 401. The second-order valence-electron chi connectivity index (χ2n) is 4.77. The lowest BCUT2D eigenvalue weighted by Gasteiger charge is -2.21. The topological polar surface area (TPSA) is 35.2 Å². The lowest BCUT2D eigenvalue weighted by atomic mass is 9.85. The molecule has 0 aliphatic carbocycles. The summed E-state index contributed by atoms with van der Waals surface area (Å²) in [5.41, 5.74) is 2.45. The van der Waals surface area contributed by atoms with E-state index in [1.807, 2.05) is 24.4 Å². The van der Waals surface area contributed by atoms with Gasteiger partial charge < -0.3 is 4.84 Å². The van der Waals surface area contributed by atoms with E-state index < -0.39 is 0 Å². The summed E-state index contributed by atoms with van der Waals surface area (Å²) in [5.74, 6) is 9.42. The van der Waals surface area contributed by atoms with E-state index in [-0.39, 0.29) is 5.41 Å². The van der Waals surface area contributed by atoms with Crippen molar-refractivity contribution >= 4 is 22.2 Å². The van der Waals surface area contributed by atoms with Gasteiger partial charge in [0.2, 0.25) is 0 Å². The van der Waals surface area contributed by atoms with Crippen molar-refractivity contribution in [2.75, 3.05) is 0 Å². The molecule has 17 heavy (non-hydrogen) atoms. The summed E-state index contributed by atoms with van der Waals surface area (Å²) in [6, 6.07) is 6.02. The Morgan fingerprint density at radius 1 is 1.35 bits per heavy atom. The number of hydrogen-bond donors (Lipinski definition) is 1. The van der Waals surface area contributed by atoms with Crippen LogP contribution in [0.1, 0.15) is 38.8 Å². The predicted molar refractivity (Wildman–Crippen MR) is 81.1 cm³/mol. The van der Waals surface area contributed by atoms with Gasteiger partial charge in [0, 0.05) is 5.56 Å². The van der Waals surface area contributed by atoms with Gasteiger partial charge in [0.1, 0.15) is 0 Å². The van der Waals surface area contributed by atoms with Crippen LogP contribution in [0.5, 0.6) is 5.75 Å². The van der Waals surface area contributed by atoms with Crippen LogP contribution >= 0.6 is 10.9 Å². The Balaban J connectivity index is 0.000000557. The zero-order valence-corrected chi connectivity index (χ0v) is 12.2. The van der Waals surface area contributed by atoms with E-state index in [1.54, 1.807) is 0 Å². The van der Waals surface area contributed by atoms with Gasteiger partial charge >= 0.3 is 0 Å². The van der Waals surface area contributed by atoms with Gasteiger partial charge in [0.25, 0.3) is 0 Å². The summed E-state index contributed by atoms with van der Waals surface area (Å²) in [5, 5.41) is 1.93. The Morgan fingerprint density at radius 2 is 1.88 bits per heavy atom. The zero-order chi connectivity index (χ0) is 13.5. The average Bonchev–Trinajstić information content (AvgIpc) is 2.28. The molecule has 0 aliphatic heterocycles. The maximum atomic E-state index is 5.20. The molecule has 0 amide bonds. The van der Waals surface area contributed by atoms with Crippen LogP contribution in [0.25, 0.3) is 0 Å². The van der Waals surface area contributed by atoms with Crippen molar-refractivity contribution in [3.63, 3.8) is 0 Å². The molecule has 0 bridgehead atoms. The lowest BCUT2D eigenvalue weighted by molar-refractivity contribution is 0.324. The molecule has 3 heteroatoms. The molecule has 96 valence electrons. The summed E-state index contributed by atoms with van der Waals surface area (Å²) in [4.78, 5) is 4.83. The highest BCUT2D eigenvalue weighted by Crippen LogP contribution is 2.31. The highest BCUT2D eigenvalue weighted by molar-refractivity contribution is 7.94. The van der Waals surface area contributed by atoms with Crippen molar-refractivity contribution in [1.82, 2.24) is 0 Å². The quantitative estimate of drug-likeness (QED) is 0.614. The molecule has 0 saturated carbocycles. The minimum Gasteiger partial charge on any atom is -0.411 e. The Hall–Kier alpha value is -1.06. The van der Waals surface area contributed by atoms with Gasteiger partial charge in [-0.3, -0.25) is 0 Å². The third kappa shape index (κ3) is 5.71. The first-order chi connectivity index (χ1) is 7.86. The Labute approximate surface area is 108 Å².